The zero-order valence-corrected chi connectivity index (χ0v) is 13.5. The molecule has 0 saturated carbocycles. The number of anilines is 2. The molecule has 1 aromatic heterocycles. The second-order valence-corrected chi connectivity index (χ2v) is 5.76. The van der Waals surface area contributed by atoms with Gasteiger partial charge in [-0.3, -0.25) is 0 Å². The summed E-state index contributed by atoms with van der Waals surface area (Å²) in [7, 11) is 1.65. The van der Waals surface area contributed by atoms with Crippen molar-refractivity contribution in [3.05, 3.63) is 6.33 Å². The lowest BCUT2D eigenvalue weighted by Crippen LogP contribution is -2.29. The Hall–Kier alpha value is -1.56. The van der Waals surface area contributed by atoms with Gasteiger partial charge in [0.1, 0.15) is 6.33 Å². The Morgan fingerprint density at radius 2 is 2.05 bits per heavy atom. The van der Waals surface area contributed by atoms with Gasteiger partial charge in [-0.2, -0.15) is 0 Å². The third kappa shape index (κ3) is 3.97. The topological polar surface area (TPSA) is 62.3 Å². The summed E-state index contributed by atoms with van der Waals surface area (Å²) in [6.45, 7) is 10.6. The first kappa shape index (κ1) is 15.8. The van der Waals surface area contributed by atoms with Crippen molar-refractivity contribution >= 4 is 11.6 Å². The van der Waals surface area contributed by atoms with Gasteiger partial charge in [0.25, 0.3) is 0 Å². The molecule has 1 aliphatic rings. The van der Waals surface area contributed by atoms with Crippen LogP contribution in [0.15, 0.2) is 6.33 Å². The van der Waals surface area contributed by atoms with Crippen LogP contribution < -0.4 is 15.4 Å². The van der Waals surface area contributed by atoms with E-state index in [0.717, 1.165) is 31.3 Å². The molecule has 6 nitrogen and oxygen atoms in total. The first-order valence-electron chi connectivity index (χ1n) is 7.76. The SMILES string of the molecule is CCNc1ncnc(NCC2CCN(C(C)C)C2)c1OC. The highest BCUT2D eigenvalue weighted by atomic mass is 16.5. The fraction of sp³-hybridized carbons (Fsp3) is 0.733. The summed E-state index contributed by atoms with van der Waals surface area (Å²) >= 11 is 0. The van der Waals surface area contributed by atoms with Crippen molar-refractivity contribution in [1.29, 1.82) is 0 Å². The van der Waals surface area contributed by atoms with Crippen LogP contribution in [0, 0.1) is 5.92 Å². The molecule has 1 aliphatic heterocycles. The molecule has 21 heavy (non-hydrogen) atoms. The van der Waals surface area contributed by atoms with Crippen molar-refractivity contribution in [2.75, 3.05) is 43.9 Å². The Morgan fingerprint density at radius 3 is 2.62 bits per heavy atom. The Balaban J connectivity index is 1.96. The minimum atomic E-state index is 0.629. The minimum Gasteiger partial charge on any atom is -0.490 e. The van der Waals surface area contributed by atoms with Crippen LogP contribution in [-0.2, 0) is 0 Å². The molecule has 6 heteroatoms. The molecule has 0 radical (unpaired) electrons. The molecule has 0 aromatic carbocycles. The summed E-state index contributed by atoms with van der Waals surface area (Å²) in [6, 6.07) is 0.629. The van der Waals surface area contributed by atoms with Crippen molar-refractivity contribution in [3.8, 4) is 5.75 Å². The van der Waals surface area contributed by atoms with Gasteiger partial charge in [0, 0.05) is 25.7 Å². The first-order chi connectivity index (χ1) is 10.2. The highest BCUT2D eigenvalue weighted by Crippen LogP contribution is 2.29. The van der Waals surface area contributed by atoms with Crippen LogP contribution in [0.1, 0.15) is 27.2 Å². The molecule has 0 spiro atoms. The van der Waals surface area contributed by atoms with E-state index in [-0.39, 0.29) is 0 Å². The third-order valence-corrected chi connectivity index (χ3v) is 3.96. The molecule has 1 atom stereocenters. The van der Waals surface area contributed by atoms with E-state index in [2.05, 4.69) is 39.3 Å². The summed E-state index contributed by atoms with van der Waals surface area (Å²) in [5.74, 6) is 2.87. The normalized spacial score (nSPS) is 19.0. The maximum Gasteiger partial charge on any atom is 0.204 e. The standard InChI is InChI=1S/C15H27N5O/c1-5-16-14-13(21-4)15(19-10-18-14)17-8-12-6-7-20(9-12)11(2)3/h10-12H,5-9H2,1-4H3,(H2,16,17,18,19). The average molecular weight is 293 g/mol. The van der Waals surface area contributed by atoms with Crippen molar-refractivity contribution < 1.29 is 4.74 Å². The summed E-state index contributed by atoms with van der Waals surface area (Å²) in [5, 5.41) is 6.61. The maximum atomic E-state index is 5.44. The monoisotopic (exact) mass is 293 g/mol. The van der Waals surface area contributed by atoms with E-state index in [1.54, 1.807) is 13.4 Å². The predicted octanol–water partition coefficient (Wildman–Crippen LogP) is 2.06. The zero-order chi connectivity index (χ0) is 15.2. The quantitative estimate of drug-likeness (QED) is 0.802. The van der Waals surface area contributed by atoms with Crippen LogP contribution in [0.2, 0.25) is 0 Å². The second kappa shape index (κ2) is 7.45. The van der Waals surface area contributed by atoms with Gasteiger partial charge >= 0.3 is 0 Å². The molecular weight excluding hydrogens is 266 g/mol. The van der Waals surface area contributed by atoms with E-state index >= 15 is 0 Å². The van der Waals surface area contributed by atoms with E-state index in [0.29, 0.717) is 17.7 Å². The molecule has 2 heterocycles. The molecule has 2 N–H and O–H groups in total. The highest BCUT2D eigenvalue weighted by Gasteiger charge is 2.24. The van der Waals surface area contributed by atoms with Crippen molar-refractivity contribution in [2.45, 2.75) is 33.2 Å². The number of aromatic nitrogens is 2. The summed E-state index contributed by atoms with van der Waals surface area (Å²) in [5.41, 5.74) is 0. The molecule has 1 aromatic rings. The Kier molecular flexibility index (Phi) is 5.61. The lowest BCUT2D eigenvalue weighted by molar-refractivity contribution is 0.266. The van der Waals surface area contributed by atoms with Gasteiger partial charge in [-0.1, -0.05) is 0 Å². The fourth-order valence-electron chi connectivity index (χ4n) is 2.73. The van der Waals surface area contributed by atoms with Crippen molar-refractivity contribution in [3.63, 3.8) is 0 Å². The molecule has 1 unspecified atom stereocenters. The highest BCUT2D eigenvalue weighted by molar-refractivity contribution is 5.63. The molecule has 0 aliphatic carbocycles. The zero-order valence-electron chi connectivity index (χ0n) is 13.5. The summed E-state index contributed by atoms with van der Waals surface area (Å²) in [4.78, 5) is 11.0. The van der Waals surface area contributed by atoms with E-state index in [1.807, 2.05) is 6.92 Å². The first-order valence-corrected chi connectivity index (χ1v) is 7.76. The molecule has 2 rings (SSSR count). The van der Waals surface area contributed by atoms with Crippen LogP contribution in [0.25, 0.3) is 0 Å². The van der Waals surface area contributed by atoms with Gasteiger partial charge in [-0.15, -0.1) is 0 Å². The lowest BCUT2D eigenvalue weighted by Gasteiger charge is -2.20. The molecule has 1 saturated heterocycles. The van der Waals surface area contributed by atoms with E-state index < -0.39 is 0 Å². The number of nitrogens with one attached hydrogen (secondary N) is 2. The van der Waals surface area contributed by atoms with Crippen LogP contribution in [0.5, 0.6) is 5.75 Å². The van der Waals surface area contributed by atoms with Gasteiger partial charge in [0.2, 0.25) is 5.75 Å². The number of rotatable bonds is 7. The van der Waals surface area contributed by atoms with Crippen LogP contribution in [-0.4, -0.2) is 54.2 Å². The van der Waals surface area contributed by atoms with Gasteiger partial charge in [0.05, 0.1) is 7.11 Å². The van der Waals surface area contributed by atoms with Crippen molar-refractivity contribution in [2.24, 2.45) is 5.92 Å². The fourth-order valence-corrected chi connectivity index (χ4v) is 2.73. The van der Waals surface area contributed by atoms with E-state index in [9.17, 15) is 0 Å². The number of methoxy groups -OCH3 is 1. The number of hydrogen-bond donors (Lipinski definition) is 2. The Morgan fingerprint density at radius 1 is 1.33 bits per heavy atom. The third-order valence-electron chi connectivity index (χ3n) is 3.96. The number of hydrogen-bond acceptors (Lipinski definition) is 6. The lowest BCUT2D eigenvalue weighted by atomic mass is 10.1. The smallest absolute Gasteiger partial charge is 0.204 e. The van der Waals surface area contributed by atoms with E-state index in [4.69, 9.17) is 4.74 Å². The largest absolute Gasteiger partial charge is 0.490 e. The number of likely N-dealkylation sites (tertiary alicyclic amines) is 1. The van der Waals surface area contributed by atoms with Crippen LogP contribution in [0.4, 0.5) is 11.6 Å². The molecular formula is C15H27N5O. The maximum absolute atomic E-state index is 5.44. The van der Waals surface area contributed by atoms with Crippen LogP contribution in [0.3, 0.4) is 0 Å². The summed E-state index contributed by atoms with van der Waals surface area (Å²) < 4.78 is 5.44. The van der Waals surface area contributed by atoms with Crippen molar-refractivity contribution in [1.82, 2.24) is 14.9 Å². The predicted molar refractivity (Wildman–Crippen MR) is 86.1 cm³/mol. The van der Waals surface area contributed by atoms with E-state index in [1.165, 1.54) is 13.0 Å². The van der Waals surface area contributed by atoms with Gasteiger partial charge in [-0.05, 0) is 39.7 Å². The average Bonchev–Trinajstić information content (AvgIpc) is 2.94. The van der Waals surface area contributed by atoms with Gasteiger partial charge in [0.15, 0.2) is 11.6 Å². The molecule has 118 valence electrons. The molecule has 0 amide bonds. The number of nitrogens with zero attached hydrogens (tertiary/aromatic N) is 3. The Labute approximate surface area is 127 Å². The van der Waals surface area contributed by atoms with Crippen LogP contribution >= 0.6 is 0 Å². The van der Waals surface area contributed by atoms with Gasteiger partial charge in [-0.25, -0.2) is 9.97 Å². The second-order valence-electron chi connectivity index (χ2n) is 5.76. The Bertz CT molecular complexity index is 452. The molecule has 1 fully saturated rings. The van der Waals surface area contributed by atoms with Gasteiger partial charge < -0.3 is 20.3 Å². The summed E-state index contributed by atoms with van der Waals surface area (Å²) in [6.07, 6.45) is 2.80. The minimum absolute atomic E-state index is 0.629. The number of ether oxygens (including phenoxy) is 1. The molecule has 0 bridgehead atoms.